The van der Waals surface area contributed by atoms with Crippen molar-refractivity contribution in [2.45, 2.75) is 50.8 Å². The van der Waals surface area contributed by atoms with Gasteiger partial charge in [-0.05, 0) is 38.5 Å². The number of nitrogens with zero attached hydrogens (tertiary/aromatic N) is 2. The molecule has 2 heterocycles. The summed E-state index contributed by atoms with van der Waals surface area (Å²) in [6.07, 6.45) is 4.39. The molecule has 2 rings (SSSR count). The third-order valence-corrected chi connectivity index (χ3v) is 8.53. The van der Waals surface area contributed by atoms with Crippen LogP contribution in [0.4, 0.5) is 0 Å². The second-order valence-electron chi connectivity index (χ2n) is 7.43. The molecule has 3 unspecified atom stereocenters. The van der Waals surface area contributed by atoms with Crippen LogP contribution in [-0.2, 0) is 19.7 Å². The van der Waals surface area contributed by atoms with Gasteiger partial charge >= 0.3 is 0 Å². The van der Waals surface area contributed by atoms with Crippen LogP contribution in [0, 0.1) is 5.92 Å². The number of hydrogen-bond acceptors (Lipinski definition) is 5. The van der Waals surface area contributed by atoms with Gasteiger partial charge in [0.25, 0.3) is 0 Å². The van der Waals surface area contributed by atoms with Crippen LogP contribution in [0.1, 0.15) is 39.5 Å². The highest BCUT2D eigenvalue weighted by Crippen LogP contribution is 2.20. The molecule has 2 saturated heterocycles. The number of likely N-dealkylation sites (tertiary alicyclic amines) is 1. The molecule has 0 aliphatic carbocycles. The number of sulfone groups is 2. The Balaban J connectivity index is 0.00000338. The molecule has 154 valence electrons. The number of rotatable bonds is 5. The molecule has 1 N–H and O–H groups in total. The maximum atomic E-state index is 11.9. The Morgan fingerprint density at radius 1 is 1.35 bits per heavy atom. The molecule has 3 atom stereocenters. The molecule has 0 radical (unpaired) electrons. The van der Waals surface area contributed by atoms with Crippen molar-refractivity contribution in [3.63, 3.8) is 0 Å². The predicted molar refractivity (Wildman–Crippen MR) is 117 cm³/mol. The molecule has 10 heteroatoms. The quantitative estimate of drug-likeness (QED) is 0.333. The maximum Gasteiger partial charge on any atom is 0.194 e. The Morgan fingerprint density at radius 2 is 2.04 bits per heavy atom. The van der Waals surface area contributed by atoms with Crippen molar-refractivity contribution in [1.29, 1.82) is 0 Å². The highest BCUT2D eigenvalue weighted by Gasteiger charge is 2.31. The molecular weight excluding hydrogens is 489 g/mol. The van der Waals surface area contributed by atoms with Crippen LogP contribution in [-0.4, -0.2) is 76.4 Å². The van der Waals surface area contributed by atoms with E-state index in [-0.39, 0.29) is 52.7 Å². The van der Waals surface area contributed by atoms with Gasteiger partial charge in [-0.1, -0.05) is 6.92 Å². The van der Waals surface area contributed by atoms with Gasteiger partial charge in [0.05, 0.1) is 16.8 Å². The number of halogens is 1. The van der Waals surface area contributed by atoms with Gasteiger partial charge in [0.1, 0.15) is 0 Å². The van der Waals surface area contributed by atoms with Crippen LogP contribution in [0.15, 0.2) is 4.99 Å². The number of guanidine groups is 1. The number of piperidine rings is 1. The monoisotopic (exact) mass is 521 g/mol. The Hall–Kier alpha value is -0.100. The lowest BCUT2D eigenvalue weighted by atomic mass is 10.1. The Morgan fingerprint density at radius 3 is 2.58 bits per heavy atom. The van der Waals surface area contributed by atoms with E-state index in [0.717, 1.165) is 19.4 Å². The summed E-state index contributed by atoms with van der Waals surface area (Å²) < 4.78 is 47.1. The van der Waals surface area contributed by atoms with Crippen molar-refractivity contribution in [2.75, 3.05) is 37.4 Å². The van der Waals surface area contributed by atoms with Gasteiger partial charge in [0, 0.05) is 31.9 Å². The SMILES string of the molecule is CCC(C)NC(=NCC1CCS(=O)(=O)C1)N1CCCC(S(C)(=O)=O)C1.I. The van der Waals surface area contributed by atoms with Crippen LogP contribution in [0.3, 0.4) is 0 Å². The van der Waals surface area contributed by atoms with Crippen molar-refractivity contribution in [1.82, 2.24) is 10.2 Å². The van der Waals surface area contributed by atoms with Gasteiger partial charge in [0.15, 0.2) is 25.6 Å². The van der Waals surface area contributed by atoms with Crippen molar-refractivity contribution >= 4 is 49.6 Å². The molecule has 0 aromatic carbocycles. The van der Waals surface area contributed by atoms with E-state index in [0.29, 0.717) is 31.9 Å². The summed E-state index contributed by atoms with van der Waals surface area (Å²) in [6.45, 7) is 5.83. The second kappa shape index (κ2) is 9.90. The Labute approximate surface area is 175 Å². The highest BCUT2D eigenvalue weighted by molar-refractivity contribution is 14.0. The van der Waals surface area contributed by atoms with Crippen molar-refractivity contribution in [3.8, 4) is 0 Å². The average Bonchev–Trinajstić information content (AvgIpc) is 2.89. The molecule has 2 aliphatic heterocycles. The van der Waals surface area contributed by atoms with E-state index < -0.39 is 19.7 Å². The van der Waals surface area contributed by atoms with E-state index in [4.69, 9.17) is 0 Å². The number of hydrogen-bond donors (Lipinski definition) is 1. The van der Waals surface area contributed by atoms with Gasteiger partial charge in [-0.25, -0.2) is 16.8 Å². The predicted octanol–water partition coefficient (Wildman–Crippen LogP) is 1.29. The van der Waals surface area contributed by atoms with E-state index in [2.05, 4.69) is 24.2 Å². The maximum absolute atomic E-state index is 11.9. The lowest BCUT2D eigenvalue weighted by molar-refractivity contribution is 0.326. The Kier molecular flexibility index (Phi) is 9.12. The molecular formula is C16H32IN3O4S2. The van der Waals surface area contributed by atoms with E-state index in [1.165, 1.54) is 6.26 Å². The van der Waals surface area contributed by atoms with Crippen LogP contribution in [0.2, 0.25) is 0 Å². The van der Waals surface area contributed by atoms with Crippen LogP contribution < -0.4 is 5.32 Å². The number of nitrogens with one attached hydrogen (secondary N) is 1. The zero-order chi connectivity index (χ0) is 18.7. The van der Waals surface area contributed by atoms with Gasteiger partial charge < -0.3 is 10.2 Å². The lowest BCUT2D eigenvalue weighted by Gasteiger charge is -2.35. The minimum Gasteiger partial charge on any atom is -0.354 e. The van der Waals surface area contributed by atoms with Crippen molar-refractivity contribution in [3.05, 3.63) is 0 Å². The normalized spacial score (nSPS) is 27.7. The van der Waals surface area contributed by atoms with E-state index in [9.17, 15) is 16.8 Å². The lowest BCUT2D eigenvalue weighted by Crippen LogP contribution is -2.51. The van der Waals surface area contributed by atoms with Gasteiger partial charge in [-0.3, -0.25) is 4.99 Å². The Bertz CT molecular complexity index is 694. The zero-order valence-electron chi connectivity index (χ0n) is 15.8. The molecule has 0 saturated carbocycles. The van der Waals surface area contributed by atoms with Crippen molar-refractivity contribution in [2.24, 2.45) is 10.9 Å². The second-order valence-corrected chi connectivity index (χ2v) is 12.0. The molecule has 0 spiro atoms. The minimum absolute atomic E-state index is 0. The first-order chi connectivity index (χ1) is 11.6. The summed E-state index contributed by atoms with van der Waals surface area (Å²) in [5, 5.41) is 3.02. The van der Waals surface area contributed by atoms with Gasteiger partial charge in [-0.2, -0.15) is 0 Å². The molecule has 0 amide bonds. The van der Waals surface area contributed by atoms with Gasteiger partial charge in [0.2, 0.25) is 0 Å². The van der Waals surface area contributed by atoms with Crippen LogP contribution in [0.25, 0.3) is 0 Å². The molecule has 0 aromatic heterocycles. The largest absolute Gasteiger partial charge is 0.354 e. The summed E-state index contributed by atoms with van der Waals surface area (Å²) in [6, 6.07) is 0.227. The van der Waals surface area contributed by atoms with Crippen LogP contribution in [0.5, 0.6) is 0 Å². The molecule has 2 fully saturated rings. The summed E-state index contributed by atoms with van der Waals surface area (Å²) in [7, 11) is -5.98. The van der Waals surface area contributed by atoms with E-state index >= 15 is 0 Å². The van der Waals surface area contributed by atoms with Crippen molar-refractivity contribution < 1.29 is 16.8 Å². The van der Waals surface area contributed by atoms with Gasteiger partial charge in [-0.15, -0.1) is 24.0 Å². The fraction of sp³-hybridized carbons (Fsp3) is 0.938. The topological polar surface area (TPSA) is 95.9 Å². The van der Waals surface area contributed by atoms with E-state index in [1.54, 1.807) is 0 Å². The van der Waals surface area contributed by atoms with E-state index in [1.807, 2.05) is 4.90 Å². The average molecular weight is 521 g/mol. The first-order valence-corrected chi connectivity index (χ1v) is 12.8. The first kappa shape index (κ1) is 23.9. The number of aliphatic imine (C=N–C) groups is 1. The zero-order valence-corrected chi connectivity index (χ0v) is 19.8. The first-order valence-electron chi connectivity index (χ1n) is 9.06. The fourth-order valence-corrected chi connectivity index (χ4v) is 6.17. The highest BCUT2D eigenvalue weighted by atomic mass is 127. The fourth-order valence-electron chi connectivity index (χ4n) is 3.27. The van der Waals surface area contributed by atoms with Crippen LogP contribution >= 0.6 is 24.0 Å². The third-order valence-electron chi connectivity index (χ3n) is 5.10. The standard InChI is InChI=1S/C16H31N3O4S2.HI/c1-4-13(2)18-16(17-10-14-7-9-25(22,23)12-14)19-8-5-6-15(11-19)24(3,20)21;/h13-15H,4-12H2,1-3H3,(H,17,18);1H. The smallest absolute Gasteiger partial charge is 0.194 e. The third kappa shape index (κ3) is 7.14. The summed E-state index contributed by atoms with van der Waals surface area (Å²) in [5.41, 5.74) is 0. The molecule has 0 aromatic rings. The molecule has 0 bridgehead atoms. The molecule has 2 aliphatic rings. The molecule has 26 heavy (non-hydrogen) atoms. The molecule has 7 nitrogen and oxygen atoms in total. The minimum atomic E-state index is -3.08. The summed E-state index contributed by atoms with van der Waals surface area (Å²) in [5.74, 6) is 1.24. The summed E-state index contributed by atoms with van der Waals surface area (Å²) >= 11 is 0. The summed E-state index contributed by atoms with van der Waals surface area (Å²) in [4.78, 5) is 6.69.